The molecule has 0 fully saturated rings. The quantitative estimate of drug-likeness (QED) is 0.904. The summed E-state index contributed by atoms with van der Waals surface area (Å²) in [5, 5.41) is 9.85. The fourth-order valence-corrected chi connectivity index (χ4v) is 2.87. The zero-order chi connectivity index (χ0) is 16.4. The number of rotatable bonds is 3. The monoisotopic (exact) mass is 337 g/mol. The Morgan fingerprint density at radius 1 is 1.52 bits per heavy atom. The maximum absolute atomic E-state index is 13.8. The van der Waals surface area contributed by atoms with Gasteiger partial charge in [0.1, 0.15) is 17.5 Å². The van der Waals surface area contributed by atoms with Gasteiger partial charge in [0.05, 0.1) is 11.1 Å². The lowest BCUT2D eigenvalue weighted by molar-refractivity contribution is 0.232. The SMILES string of the molecule is Cc1nc2n(n1)CCCC2NC(=O)NCc1cccc(Cl)c1F. The first-order chi connectivity index (χ1) is 11.0. The van der Waals surface area contributed by atoms with Gasteiger partial charge in [0, 0.05) is 18.7 Å². The summed E-state index contributed by atoms with van der Waals surface area (Å²) in [4.78, 5) is 16.4. The Morgan fingerprint density at radius 2 is 2.35 bits per heavy atom. The number of benzene rings is 1. The number of halogens is 2. The lowest BCUT2D eigenvalue weighted by atomic mass is 10.1. The van der Waals surface area contributed by atoms with E-state index in [0.717, 1.165) is 25.2 Å². The number of nitrogens with zero attached hydrogens (tertiary/aromatic N) is 3. The second-order valence-electron chi connectivity index (χ2n) is 5.48. The van der Waals surface area contributed by atoms with Crippen molar-refractivity contribution in [2.24, 2.45) is 0 Å². The number of carbonyl (C=O) groups excluding carboxylic acids is 1. The van der Waals surface area contributed by atoms with Crippen molar-refractivity contribution in [3.05, 3.63) is 46.3 Å². The van der Waals surface area contributed by atoms with E-state index in [-0.39, 0.29) is 23.6 Å². The maximum Gasteiger partial charge on any atom is 0.315 e. The Morgan fingerprint density at radius 3 is 3.17 bits per heavy atom. The van der Waals surface area contributed by atoms with Crippen LogP contribution in [0.5, 0.6) is 0 Å². The molecule has 1 aliphatic heterocycles. The number of hydrogen-bond donors (Lipinski definition) is 2. The summed E-state index contributed by atoms with van der Waals surface area (Å²) in [7, 11) is 0. The highest BCUT2D eigenvalue weighted by molar-refractivity contribution is 6.30. The van der Waals surface area contributed by atoms with Gasteiger partial charge in [0.15, 0.2) is 0 Å². The molecule has 3 rings (SSSR count). The Kier molecular flexibility index (Phi) is 4.47. The van der Waals surface area contributed by atoms with Gasteiger partial charge in [-0.2, -0.15) is 5.10 Å². The fraction of sp³-hybridized carbons (Fsp3) is 0.400. The topological polar surface area (TPSA) is 71.8 Å². The minimum Gasteiger partial charge on any atom is -0.334 e. The van der Waals surface area contributed by atoms with E-state index in [0.29, 0.717) is 11.4 Å². The van der Waals surface area contributed by atoms with E-state index in [1.807, 2.05) is 11.6 Å². The first-order valence-electron chi connectivity index (χ1n) is 7.43. The molecule has 6 nitrogen and oxygen atoms in total. The molecule has 1 aromatic carbocycles. The van der Waals surface area contributed by atoms with Gasteiger partial charge in [-0.1, -0.05) is 23.7 Å². The van der Waals surface area contributed by atoms with Crippen LogP contribution in [0, 0.1) is 12.7 Å². The predicted octanol–water partition coefficient (Wildman–Crippen LogP) is 2.71. The molecule has 2 aromatic rings. The number of amides is 2. The number of aromatic nitrogens is 3. The molecule has 23 heavy (non-hydrogen) atoms. The van der Waals surface area contributed by atoms with E-state index in [2.05, 4.69) is 20.7 Å². The van der Waals surface area contributed by atoms with Gasteiger partial charge in [-0.25, -0.2) is 18.9 Å². The highest BCUT2D eigenvalue weighted by atomic mass is 35.5. The predicted molar refractivity (Wildman–Crippen MR) is 83.5 cm³/mol. The Bertz CT molecular complexity index is 733. The lowest BCUT2D eigenvalue weighted by Crippen LogP contribution is -2.40. The molecule has 1 aliphatic rings. The van der Waals surface area contributed by atoms with E-state index in [1.54, 1.807) is 12.1 Å². The average Bonchev–Trinajstić information content (AvgIpc) is 2.90. The summed E-state index contributed by atoms with van der Waals surface area (Å²) in [5.41, 5.74) is 0.343. The highest BCUT2D eigenvalue weighted by Crippen LogP contribution is 2.23. The number of fused-ring (bicyclic) bond motifs is 1. The van der Waals surface area contributed by atoms with Gasteiger partial charge in [0.2, 0.25) is 0 Å². The molecule has 0 aliphatic carbocycles. The molecule has 0 radical (unpaired) electrons. The Labute approximate surface area is 138 Å². The van der Waals surface area contributed by atoms with Crippen LogP contribution in [-0.2, 0) is 13.1 Å². The van der Waals surface area contributed by atoms with Crippen LogP contribution in [0.25, 0.3) is 0 Å². The number of urea groups is 1. The molecule has 2 amide bonds. The van der Waals surface area contributed by atoms with Gasteiger partial charge in [-0.3, -0.25) is 0 Å². The van der Waals surface area contributed by atoms with Crippen LogP contribution in [-0.4, -0.2) is 20.8 Å². The number of carbonyl (C=O) groups is 1. The van der Waals surface area contributed by atoms with Crippen molar-refractivity contribution >= 4 is 17.6 Å². The van der Waals surface area contributed by atoms with E-state index >= 15 is 0 Å². The third-order valence-corrected chi connectivity index (χ3v) is 4.05. The van der Waals surface area contributed by atoms with Crippen molar-refractivity contribution < 1.29 is 9.18 Å². The van der Waals surface area contributed by atoms with E-state index in [4.69, 9.17) is 11.6 Å². The first-order valence-corrected chi connectivity index (χ1v) is 7.81. The van der Waals surface area contributed by atoms with Gasteiger partial charge < -0.3 is 10.6 Å². The van der Waals surface area contributed by atoms with E-state index in [1.165, 1.54) is 6.07 Å². The van der Waals surface area contributed by atoms with Crippen molar-refractivity contribution in [3.8, 4) is 0 Å². The molecule has 1 aromatic heterocycles. The first kappa shape index (κ1) is 15.7. The summed E-state index contributed by atoms with van der Waals surface area (Å²) in [6.07, 6.45) is 1.72. The van der Waals surface area contributed by atoms with Crippen LogP contribution in [0.15, 0.2) is 18.2 Å². The molecule has 8 heteroatoms. The molecule has 0 saturated carbocycles. The largest absolute Gasteiger partial charge is 0.334 e. The molecule has 2 heterocycles. The third kappa shape index (κ3) is 3.44. The number of hydrogen-bond acceptors (Lipinski definition) is 3. The van der Waals surface area contributed by atoms with Crippen molar-refractivity contribution in [1.82, 2.24) is 25.4 Å². The lowest BCUT2D eigenvalue weighted by Gasteiger charge is -2.23. The van der Waals surface area contributed by atoms with Crippen molar-refractivity contribution in [3.63, 3.8) is 0 Å². The Hall–Kier alpha value is -2.15. The minimum absolute atomic E-state index is 0.0422. The van der Waals surface area contributed by atoms with Crippen LogP contribution < -0.4 is 10.6 Å². The zero-order valence-electron chi connectivity index (χ0n) is 12.6. The number of aryl methyl sites for hydroxylation is 2. The standard InChI is InChI=1S/C15H17ClFN5O/c1-9-19-14-12(6-3-7-22(14)21-9)20-15(23)18-8-10-4-2-5-11(16)13(10)17/h2,4-5,12H,3,6-8H2,1H3,(H2,18,20,23). The van der Waals surface area contributed by atoms with Crippen LogP contribution in [0.4, 0.5) is 9.18 Å². The molecule has 2 N–H and O–H groups in total. The van der Waals surface area contributed by atoms with E-state index in [9.17, 15) is 9.18 Å². The van der Waals surface area contributed by atoms with Gasteiger partial charge in [-0.05, 0) is 25.8 Å². The van der Waals surface area contributed by atoms with E-state index < -0.39 is 5.82 Å². The van der Waals surface area contributed by atoms with Crippen molar-refractivity contribution in [2.45, 2.75) is 38.9 Å². The summed E-state index contributed by atoms with van der Waals surface area (Å²) >= 11 is 5.72. The second-order valence-corrected chi connectivity index (χ2v) is 5.88. The molecule has 0 bridgehead atoms. The maximum atomic E-state index is 13.8. The molecule has 1 unspecified atom stereocenters. The summed E-state index contributed by atoms with van der Waals surface area (Å²) in [6, 6.07) is 4.14. The molecular formula is C15H17ClFN5O. The zero-order valence-corrected chi connectivity index (χ0v) is 13.4. The van der Waals surface area contributed by atoms with Gasteiger partial charge in [-0.15, -0.1) is 0 Å². The molecular weight excluding hydrogens is 321 g/mol. The molecule has 1 atom stereocenters. The molecule has 0 spiro atoms. The third-order valence-electron chi connectivity index (χ3n) is 3.76. The Balaban J connectivity index is 1.61. The average molecular weight is 338 g/mol. The van der Waals surface area contributed by atoms with Gasteiger partial charge >= 0.3 is 6.03 Å². The van der Waals surface area contributed by atoms with Crippen molar-refractivity contribution in [2.75, 3.05) is 0 Å². The normalized spacial score (nSPS) is 16.7. The van der Waals surface area contributed by atoms with Crippen LogP contribution in [0.1, 0.15) is 36.1 Å². The van der Waals surface area contributed by atoms with Crippen molar-refractivity contribution in [1.29, 1.82) is 0 Å². The smallest absolute Gasteiger partial charge is 0.315 e. The summed E-state index contributed by atoms with van der Waals surface area (Å²) in [6.45, 7) is 2.70. The number of nitrogens with one attached hydrogen (secondary N) is 2. The molecule has 122 valence electrons. The molecule has 0 saturated heterocycles. The van der Waals surface area contributed by atoms with Crippen LogP contribution in [0.2, 0.25) is 5.02 Å². The summed E-state index contributed by atoms with van der Waals surface area (Å²) in [5.74, 6) is 0.940. The van der Waals surface area contributed by atoms with Crippen LogP contribution >= 0.6 is 11.6 Å². The highest BCUT2D eigenvalue weighted by Gasteiger charge is 2.25. The van der Waals surface area contributed by atoms with Crippen LogP contribution in [0.3, 0.4) is 0 Å². The fourth-order valence-electron chi connectivity index (χ4n) is 2.67. The minimum atomic E-state index is -0.512. The summed E-state index contributed by atoms with van der Waals surface area (Å²) < 4.78 is 15.6. The second kappa shape index (κ2) is 6.54. The van der Waals surface area contributed by atoms with Gasteiger partial charge in [0.25, 0.3) is 0 Å².